The third-order valence-corrected chi connectivity index (χ3v) is 6.06. The molecule has 19 heavy (non-hydrogen) atoms. The van der Waals surface area contributed by atoms with E-state index in [4.69, 9.17) is 0 Å². The van der Waals surface area contributed by atoms with Crippen molar-refractivity contribution >= 4 is 17.3 Å². The minimum atomic E-state index is -4.73. The zero-order valence-corrected chi connectivity index (χ0v) is 11.8. The molecule has 9 heteroatoms. The van der Waals surface area contributed by atoms with Gasteiger partial charge in [-0.1, -0.05) is 12.1 Å². The topological polar surface area (TPSA) is 60.4 Å². The van der Waals surface area contributed by atoms with Crippen LogP contribution in [0.3, 0.4) is 0 Å². The van der Waals surface area contributed by atoms with Crippen molar-refractivity contribution in [2.75, 3.05) is 18.8 Å². The first-order valence-electron chi connectivity index (χ1n) is 5.03. The average Bonchev–Trinajstić information content (AvgIpc) is 2.11. The van der Waals surface area contributed by atoms with E-state index < -0.39 is 40.2 Å². The predicted molar refractivity (Wildman–Crippen MR) is 65.3 cm³/mol. The summed E-state index contributed by atoms with van der Waals surface area (Å²) < 4.78 is 76.8. The number of halogens is 3. The van der Waals surface area contributed by atoms with E-state index in [0.717, 1.165) is 12.1 Å². The first kappa shape index (κ1) is 16.0. The molecule has 0 bridgehead atoms. The minimum Gasteiger partial charge on any atom is -0.381 e. The molecule has 0 N–H and O–H groups in total. The molecule has 0 saturated heterocycles. The second-order valence-corrected chi connectivity index (χ2v) is 9.80. The van der Waals surface area contributed by atoms with E-state index in [0.29, 0.717) is 6.07 Å². The van der Waals surface area contributed by atoms with Gasteiger partial charge >= 0.3 is 16.3 Å². The van der Waals surface area contributed by atoms with Crippen LogP contribution in [-0.4, -0.2) is 27.2 Å². The molecule has 1 aromatic rings. The van der Waals surface area contributed by atoms with Crippen LogP contribution in [0, 0.1) is 0 Å². The largest absolute Gasteiger partial charge is 0.420 e. The van der Waals surface area contributed by atoms with Crippen LogP contribution in [0.4, 0.5) is 13.2 Å². The van der Waals surface area contributed by atoms with Crippen molar-refractivity contribution < 1.29 is 30.3 Å². The summed E-state index contributed by atoms with van der Waals surface area (Å²) in [5, 5.41) is 0. The summed E-state index contributed by atoms with van der Waals surface area (Å²) in [5.41, 5.74) is -2.01. The molecule has 0 amide bonds. The average molecular weight is 316 g/mol. The van der Waals surface area contributed by atoms with Crippen LogP contribution >= 0.6 is 7.14 Å². The number of benzene rings is 1. The lowest BCUT2D eigenvalue weighted by Gasteiger charge is -2.14. The van der Waals surface area contributed by atoms with Crippen LogP contribution in [0.2, 0.25) is 0 Å². The first-order chi connectivity index (χ1) is 8.41. The molecule has 0 saturated carbocycles. The summed E-state index contributed by atoms with van der Waals surface area (Å²) in [4.78, 5) is 0. The molecule has 0 aliphatic heterocycles. The third-order valence-electron chi connectivity index (χ3n) is 1.88. The summed E-state index contributed by atoms with van der Waals surface area (Å²) in [7, 11) is -7.31. The fourth-order valence-electron chi connectivity index (χ4n) is 1.32. The van der Waals surface area contributed by atoms with E-state index >= 15 is 0 Å². The van der Waals surface area contributed by atoms with Gasteiger partial charge in [-0.05, 0) is 25.5 Å². The lowest BCUT2D eigenvalue weighted by Crippen LogP contribution is -2.16. The van der Waals surface area contributed by atoms with Crippen molar-refractivity contribution in [2.45, 2.75) is 6.18 Å². The second-order valence-electron chi connectivity index (χ2n) is 4.34. The third kappa shape index (κ3) is 5.24. The van der Waals surface area contributed by atoms with Crippen LogP contribution in [0.5, 0.6) is 5.75 Å². The fourth-order valence-corrected chi connectivity index (χ4v) is 4.99. The highest BCUT2D eigenvalue weighted by Crippen LogP contribution is 2.40. The highest BCUT2D eigenvalue weighted by atomic mass is 32.2. The Balaban J connectivity index is 3.11. The van der Waals surface area contributed by atoms with Gasteiger partial charge in [-0.25, -0.2) is 0 Å². The van der Waals surface area contributed by atoms with Gasteiger partial charge in [0, 0.05) is 0 Å². The van der Waals surface area contributed by atoms with Crippen molar-refractivity contribution in [1.82, 2.24) is 0 Å². The minimum absolute atomic E-state index is 0.711. The molecule has 0 atom stereocenters. The first-order valence-corrected chi connectivity index (χ1v) is 9.39. The van der Waals surface area contributed by atoms with Gasteiger partial charge in [0.05, 0.1) is 12.7 Å². The van der Waals surface area contributed by atoms with Crippen LogP contribution in [0.1, 0.15) is 5.56 Å². The Morgan fingerprint density at radius 2 is 1.74 bits per heavy atom. The Hall–Kier alpha value is -1.01. The Labute approximate surface area is 109 Å². The molecule has 4 nitrogen and oxygen atoms in total. The van der Waals surface area contributed by atoms with Crippen LogP contribution < -0.4 is 4.18 Å². The standard InChI is InChI=1S/C10H12F3O4PS/c1-18(2,14)7-19(15,16)17-9-6-4-3-5-8(9)10(11,12)13/h3-6H,7H2,1-2H3. The lowest BCUT2D eigenvalue weighted by atomic mass is 10.2. The van der Waals surface area contributed by atoms with Crippen molar-refractivity contribution in [2.24, 2.45) is 0 Å². The normalized spacial score (nSPS) is 13.3. The zero-order chi connectivity index (χ0) is 14.9. The number of hydrogen-bond acceptors (Lipinski definition) is 4. The molecule has 108 valence electrons. The van der Waals surface area contributed by atoms with E-state index in [-0.39, 0.29) is 0 Å². The number of para-hydroxylation sites is 1. The SMILES string of the molecule is CP(C)(=O)CS(=O)(=O)Oc1ccccc1C(F)(F)F. The zero-order valence-electron chi connectivity index (χ0n) is 10.1. The highest BCUT2D eigenvalue weighted by molar-refractivity contribution is 7.95. The van der Waals surface area contributed by atoms with Crippen molar-refractivity contribution in [1.29, 1.82) is 0 Å². The van der Waals surface area contributed by atoms with Gasteiger partial charge in [-0.2, -0.15) is 21.6 Å². The Morgan fingerprint density at radius 3 is 2.21 bits per heavy atom. The molecular weight excluding hydrogens is 304 g/mol. The molecule has 0 aliphatic carbocycles. The summed E-state index contributed by atoms with van der Waals surface area (Å²) in [6, 6.07) is 3.95. The maximum Gasteiger partial charge on any atom is 0.420 e. The van der Waals surface area contributed by atoms with Gasteiger partial charge < -0.3 is 8.75 Å². The second kappa shape index (κ2) is 5.17. The predicted octanol–water partition coefficient (Wildman–Crippen LogP) is 2.99. The van der Waals surface area contributed by atoms with Crippen molar-refractivity contribution in [3.8, 4) is 5.75 Å². The quantitative estimate of drug-likeness (QED) is 0.633. The van der Waals surface area contributed by atoms with E-state index in [2.05, 4.69) is 4.18 Å². The van der Waals surface area contributed by atoms with Gasteiger partial charge in [0.1, 0.15) is 5.49 Å². The molecule has 1 rings (SSSR count). The van der Waals surface area contributed by atoms with Gasteiger partial charge in [0.2, 0.25) is 0 Å². The van der Waals surface area contributed by atoms with E-state index in [1.54, 1.807) is 0 Å². The Bertz CT molecular complexity index is 603. The van der Waals surface area contributed by atoms with E-state index in [1.807, 2.05) is 0 Å². The van der Waals surface area contributed by atoms with Crippen molar-refractivity contribution in [3.63, 3.8) is 0 Å². The number of rotatable bonds is 4. The summed E-state index contributed by atoms with van der Waals surface area (Å²) in [6.07, 6.45) is -4.73. The molecule has 0 radical (unpaired) electrons. The monoisotopic (exact) mass is 316 g/mol. The number of alkyl halides is 3. The molecule has 0 spiro atoms. The van der Waals surface area contributed by atoms with Crippen LogP contribution in [0.25, 0.3) is 0 Å². The molecule has 1 aromatic carbocycles. The maximum atomic E-state index is 12.6. The smallest absolute Gasteiger partial charge is 0.381 e. The van der Waals surface area contributed by atoms with Crippen molar-refractivity contribution in [3.05, 3.63) is 29.8 Å². The maximum absolute atomic E-state index is 12.6. The fraction of sp³-hybridized carbons (Fsp3) is 0.400. The molecule has 0 aromatic heterocycles. The molecule has 0 heterocycles. The molecule has 0 fully saturated rings. The molecule has 0 unspecified atom stereocenters. The molecule has 0 aliphatic rings. The Morgan fingerprint density at radius 1 is 1.21 bits per heavy atom. The van der Waals surface area contributed by atoms with Crippen LogP contribution in [0.15, 0.2) is 24.3 Å². The Kier molecular flexibility index (Phi) is 4.37. The van der Waals surface area contributed by atoms with Gasteiger partial charge in [-0.3, -0.25) is 0 Å². The summed E-state index contributed by atoms with van der Waals surface area (Å²) in [5.74, 6) is -0.816. The van der Waals surface area contributed by atoms with Gasteiger partial charge in [0.25, 0.3) is 0 Å². The van der Waals surface area contributed by atoms with Crippen LogP contribution in [-0.2, 0) is 20.9 Å². The van der Waals surface area contributed by atoms with Gasteiger partial charge in [0.15, 0.2) is 5.75 Å². The highest BCUT2D eigenvalue weighted by Gasteiger charge is 2.35. The molecular formula is C10H12F3O4PS. The number of hydrogen-bond donors (Lipinski definition) is 0. The van der Waals surface area contributed by atoms with Gasteiger partial charge in [-0.15, -0.1) is 0 Å². The summed E-state index contributed by atoms with van der Waals surface area (Å²) in [6.45, 7) is 2.42. The lowest BCUT2D eigenvalue weighted by molar-refractivity contribution is -0.138. The van der Waals surface area contributed by atoms with E-state index in [1.165, 1.54) is 19.4 Å². The van der Waals surface area contributed by atoms with E-state index in [9.17, 15) is 26.2 Å². The summed E-state index contributed by atoms with van der Waals surface area (Å²) >= 11 is 0.